The third-order valence-corrected chi connectivity index (χ3v) is 2.35. The first-order chi connectivity index (χ1) is 6.72. The maximum Gasteiger partial charge on any atom is 0.249 e. The Bertz CT molecular complexity index is 352. The summed E-state index contributed by atoms with van der Waals surface area (Å²) in [7, 11) is 1.64. The molecule has 0 bridgehead atoms. The molecule has 0 saturated carbocycles. The number of aryl methyl sites for hydroxylation is 1. The number of methoxy groups -OCH3 is 1. The van der Waals surface area contributed by atoms with Crippen LogP contribution < -0.4 is 4.74 Å². The molecule has 1 rings (SSSR count). The lowest BCUT2D eigenvalue weighted by atomic mass is 10.0. The molecule has 0 heterocycles. The van der Waals surface area contributed by atoms with E-state index in [4.69, 9.17) is 11.3 Å². The Labute approximate surface area is 85.3 Å². The summed E-state index contributed by atoms with van der Waals surface area (Å²) in [4.78, 5) is 3.51. The smallest absolute Gasteiger partial charge is 0.249 e. The first-order valence-electron chi connectivity index (χ1n) is 4.76. The average molecular weight is 189 g/mol. The van der Waals surface area contributed by atoms with Crippen molar-refractivity contribution in [1.29, 1.82) is 0 Å². The third kappa shape index (κ3) is 2.05. The normalized spacial score (nSPS) is 11.9. The molecule has 74 valence electrons. The largest absolute Gasteiger partial charge is 0.496 e. The maximum absolute atomic E-state index is 7.01. The summed E-state index contributed by atoms with van der Waals surface area (Å²) >= 11 is 0. The molecule has 1 unspecified atom stereocenters. The van der Waals surface area contributed by atoms with Crippen LogP contribution in [0, 0.1) is 6.57 Å². The van der Waals surface area contributed by atoms with Crippen molar-refractivity contribution in [1.82, 2.24) is 0 Å². The van der Waals surface area contributed by atoms with Crippen LogP contribution in [0.4, 0.5) is 0 Å². The Morgan fingerprint density at radius 2 is 2.21 bits per heavy atom. The van der Waals surface area contributed by atoms with E-state index >= 15 is 0 Å². The number of rotatable bonds is 3. The van der Waals surface area contributed by atoms with Crippen LogP contribution >= 0.6 is 0 Å². The van der Waals surface area contributed by atoms with E-state index in [1.54, 1.807) is 7.11 Å². The van der Waals surface area contributed by atoms with E-state index in [1.165, 1.54) is 5.56 Å². The zero-order chi connectivity index (χ0) is 10.6. The molecule has 1 aromatic carbocycles. The topological polar surface area (TPSA) is 13.6 Å². The van der Waals surface area contributed by atoms with E-state index in [2.05, 4.69) is 17.8 Å². The molecule has 14 heavy (non-hydrogen) atoms. The highest BCUT2D eigenvalue weighted by molar-refractivity contribution is 5.40. The molecule has 2 nitrogen and oxygen atoms in total. The molecule has 0 aliphatic rings. The molecule has 0 aliphatic carbocycles. The molecule has 1 aromatic rings. The van der Waals surface area contributed by atoms with Gasteiger partial charge in [-0.25, -0.2) is 6.57 Å². The van der Waals surface area contributed by atoms with Gasteiger partial charge >= 0.3 is 0 Å². The molecule has 0 saturated heterocycles. The summed E-state index contributed by atoms with van der Waals surface area (Å²) < 4.78 is 5.22. The maximum atomic E-state index is 7.01. The number of benzene rings is 1. The predicted octanol–water partition coefficient (Wildman–Crippen LogP) is 3.24. The van der Waals surface area contributed by atoms with E-state index in [1.807, 2.05) is 19.1 Å². The van der Waals surface area contributed by atoms with Crippen molar-refractivity contribution in [2.45, 2.75) is 26.3 Å². The van der Waals surface area contributed by atoms with Gasteiger partial charge in [0.05, 0.1) is 12.7 Å². The minimum absolute atomic E-state index is 0.128. The molecule has 0 aromatic heterocycles. The monoisotopic (exact) mass is 189 g/mol. The highest BCUT2D eigenvalue weighted by Crippen LogP contribution is 2.28. The fourth-order valence-corrected chi connectivity index (χ4v) is 1.40. The third-order valence-electron chi connectivity index (χ3n) is 2.35. The second-order valence-corrected chi connectivity index (χ2v) is 3.23. The Morgan fingerprint density at radius 3 is 2.71 bits per heavy atom. The van der Waals surface area contributed by atoms with E-state index in [0.717, 1.165) is 17.7 Å². The van der Waals surface area contributed by atoms with Gasteiger partial charge in [-0.05, 0) is 24.1 Å². The highest BCUT2D eigenvalue weighted by Gasteiger charge is 2.14. The quantitative estimate of drug-likeness (QED) is 0.665. The highest BCUT2D eigenvalue weighted by atomic mass is 16.5. The van der Waals surface area contributed by atoms with Crippen molar-refractivity contribution in [2.75, 3.05) is 7.11 Å². The zero-order valence-electron chi connectivity index (χ0n) is 8.87. The molecule has 2 heteroatoms. The fourth-order valence-electron chi connectivity index (χ4n) is 1.40. The van der Waals surface area contributed by atoms with Crippen molar-refractivity contribution >= 4 is 0 Å². The van der Waals surface area contributed by atoms with Crippen LogP contribution in [0.5, 0.6) is 5.75 Å². The first-order valence-corrected chi connectivity index (χ1v) is 4.76. The molecule has 0 fully saturated rings. The Balaban J connectivity index is 3.16. The van der Waals surface area contributed by atoms with Crippen LogP contribution in [0.3, 0.4) is 0 Å². The molecular formula is C12H15NO. The van der Waals surface area contributed by atoms with Gasteiger partial charge in [0.25, 0.3) is 0 Å². The summed E-state index contributed by atoms with van der Waals surface area (Å²) in [5.74, 6) is 0.811. The lowest BCUT2D eigenvalue weighted by molar-refractivity contribution is 0.408. The van der Waals surface area contributed by atoms with Crippen LogP contribution in [-0.2, 0) is 6.42 Å². The summed E-state index contributed by atoms with van der Waals surface area (Å²) in [5, 5.41) is 0. The predicted molar refractivity (Wildman–Crippen MR) is 57.4 cm³/mol. The lowest BCUT2D eigenvalue weighted by Crippen LogP contribution is -1.95. The van der Waals surface area contributed by atoms with Crippen molar-refractivity contribution < 1.29 is 4.74 Å². The van der Waals surface area contributed by atoms with Crippen molar-refractivity contribution in [3.63, 3.8) is 0 Å². The molecule has 0 radical (unpaired) electrons. The standard InChI is InChI=1S/C12H15NO/c1-5-10-6-7-12(14-4)11(8-10)9(2)13-3/h6-9H,5H2,1-2,4H3. The zero-order valence-corrected chi connectivity index (χ0v) is 8.87. The Hall–Kier alpha value is -1.49. The van der Waals surface area contributed by atoms with Gasteiger partial charge in [0.1, 0.15) is 5.75 Å². The number of nitrogens with zero attached hydrogens (tertiary/aromatic N) is 1. The lowest BCUT2D eigenvalue weighted by Gasteiger charge is -2.09. The summed E-state index contributed by atoms with van der Waals surface area (Å²) in [5.41, 5.74) is 2.23. The van der Waals surface area contributed by atoms with Gasteiger partial charge in [-0.2, -0.15) is 0 Å². The summed E-state index contributed by atoms with van der Waals surface area (Å²) in [6.45, 7) is 11.0. The summed E-state index contributed by atoms with van der Waals surface area (Å²) in [6, 6.07) is 5.91. The van der Waals surface area contributed by atoms with E-state index in [-0.39, 0.29) is 6.04 Å². The molecular weight excluding hydrogens is 174 g/mol. The van der Waals surface area contributed by atoms with Crippen LogP contribution in [0.1, 0.15) is 31.0 Å². The Kier molecular flexibility index (Phi) is 3.53. The van der Waals surface area contributed by atoms with Crippen LogP contribution in [0.15, 0.2) is 18.2 Å². The van der Waals surface area contributed by atoms with Gasteiger partial charge in [0.15, 0.2) is 0 Å². The van der Waals surface area contributed by atoms with Crippen LogP contribution in [-0.4, -0.2) is 7.11 Å². The first kappa shape index (κ1) is 10.6. The molecule has 0 amide bonds. The SMILES string of the molecule is [C-]#[N+]C(C)c1cc(CC)ccc1OC. The number of hydrogen-bond donors (Lipinski definition) is 0. The second kappa shape index (κ2) is 4.66. The van der Waals surface area contributed by atoms with Crippen molar-refractivity contribution in [3.8, 4) is 5.75 Å². The van der Waals surface area contributed by atoms with Gasteiger partial charge in [-0.1, -0.05) is 13.0 Å². The van der Waals surface area contributed by atoms with Crippen LogP contribution in [0.2, 0.25) is 0 Å². The van der Waals surface area contributed by atoms with E-state index in [9.17, 15) is 0 Å². The molecule has 0 N–H and O–H groups in total. The molecule has 0 aliphatic heterocycles. The Morgan fingerprint density at radius 1 is 1.50 bits per heavy atom. The van der Waals surface area contributed by atoms with E-state index in [0.29, 0.717) is 0 Å². The number of ether oxygens (including phenoxy) is 1. The van der Waals surface area contributed by atoms with Gasteiger partial charge in [0.2, 0.25) is 6.04 Å². The average Bonchev–Trinajstić information content (AvgIpc) is 2.27. The number of hydrogen-bond acceptors (Lipinski definition) is 1. The summed E-state index contributed by atoms with van der Waals surface area (Å²) in [6.07, 6.45) is 0.988. The molecule has 0 spiro atoms. The van der Waals surface area contributed by atoms with Gasteiger partial charge in [0, 0.05) is 6.92 Å². The van der Waals surface area contributed by atoms with Gasteiger partial charge < -0.3 is 9.58 Å². The van der Waals surface area contributed by atoms with Crippen molar-refractivity contribution in [2.24, 2.45) is 0 Å². The molecule has 1 atom stereocenters. The second-order valence-electron chi connectivity index (χ2n) is 3.23. The minimum atomic E-state index is -0.128. The fraction of sp³-hybridized carbons (Fsp3) is 0.417. The van der Waals surface area contributed by atoms with Gasteiger partial charge in [-0.3, -0.25) is 0 Å². The van der Waals surface area contributed by atoms with E-state index < -0.39 is 0 Å². The van der Waals surface area contributed by atoms with Gasteiger partial charge in [-0.15, -0.1) is 0 Å². The van der Waals surface area contributed by atoms with Crippen molar-refractivity contribution in [3.05, 3.63) is 40.7 Å². The van der Waals surface area contributed by atoms with Crippen LogP contribution in [0.25, 0.3) is 4.85 Å². The minimum Gasteiger partial charge on any atom is -0.496 e.